The average molecular weight is 366 g/mol. The highest BCUT2D eigenvalue weighted by Crippen LogP contribution is 2.42. The van der Waals surface area contributed by atoms with Crippen molar-refractivity contribution in [3.63, 3.8) is 0 Å². The first-order valence-corrected chi connectivity index (χ1v) is 8.86. The van der Waals surface area contributed by atoms with Gasteiger partial charge in [-0.2, -0.15) is 0 Å². The molecular formula is C20H19FN4S. The molecule has 0 radical (unpaired) electrons. The third-order valence-electron chi connectivity index (χ3n) is 4.92. The molecule has 1 aliphatic rings. The molecule has 26 heavy (non-hydrogen) atoms. The molecule has 0 spiro atoms. The van der Waals surface area contributed by atoms with Crippen LogP contribution in [-0.2, 0) is 7.05 Å². The number of halogens is 1. The Morgan fingerprint density at radius 2 is 1.85 bits per heavy atom. The van der Waals surface area contributed by atoms with Gasteiger partial charge < -0.3 is 14.8 Å². The molecule has 2 aromatic heterocycles. The van der Waals surface area contributed by atoms with Gasteiger partial charge in [-0.15, -0.1) is 0 Å². The van der Waals surface area contributed by atoms with Gasteiger partial charge in [-0.1, -0.05) is 18.2 Å². The lowest BCUT2D eigenvalue weighted by atomic mass is 10.0. The lowest BCUT2D eigenvalue weighted by molar-refractivity contribution is 0.532. The first-order chi connectivity index (χ1) is 12.6. The van der Waals surface area contributed by atoms with E-state index in [9.17, 15) is 4.39 Å². The van der Waals surface area contributed by atoms with Crippen LogP contribution in [0.1, 0.15) is 29.2 Å². The predicted octanol–water partition coefficient (Wildman–Crippen LogP) is 4.04. The number of pyridine rings is 1. The number of rotatable bonds is 3. The normalized spacial score (nSPS) is 19.7. The van der Waals surface area contributed by atoms with Crippen LogP contribution in [0, 0.1) is 12.7 Å². The van der Waals surface area contributed by atoms with E-state index in [2.05, 4.69) is 27.0 Å². The highest BCUT2D eigenvalue weighted by Gasteiger charge is 2.42. The molecule has 3 heterocycles. The molecule has 1 saturated heterocycles. The Kier molecular flexibility index (Phi) is 4.20. The van der Waals surface area contributed by atoms with Gasteiger partial charge >= 0.3 is 0 Å². The van der Waals surface area contributed by atoms with Crippen molar-refractivity contribution >= 4 is 23.0 Å². The maximum Gasteiger partial charge on any atom is 0.174 e. The van der Waals surface area contributed by atoms with Gasteiger partial charge in [-0.3, -0.25) is 4.98 Å². The smallest absolute Gasteiger partial charge is 0.174 e. The van der Waals surface area contributed by atoms with Crippen LogP contribution in [0.25, 0.3) is 0 Å². The van der Waals surface area contributed by atoms with Gasteiger partial charge in [0.05, 0.1) is 17.4 Å². The Bertz CT molecular complexity index is 953. The fraction of sp³-hybridized carbons (Fsp3) is 0.200. The first kappa shape index (κ1) is 16.7. The lowest BCUT2D eigenvalue weighted by Gasteiger charge is -2.28. The summed E-state index contributed by atoms with van der Waals surface area (Å²) in [7, 11) is 2.01. The van der Waals surface area contributed by atoms with E-state index in [1.54, 1.807) is 18.3 Å². The standard InChI is InChI=1S/C20H19FN4S/c1-13-10-11-17(24(13)2)19-18(15-8-5-6-12-22-15)23-20(26)25(19)16-9-4-3-7-14(16)21/h3-12,18-19H,1-2H3,(H,23,26)/t18-,19+/m0/s1. The monoisotopic (exact) mass is 366 g/mol. The van der Waals surface area contributed by atoms with Crippen LogP contribution in [0.5, 0.6) is 0 Å². The molecule has 4 nitrogen and oxygen atoms in total. The molecule has 132 valence electrons. The molecule has 2 atom stereocenters. The van der Waals surface area contributed by atoms with Gasteiger partial charge in [0.15, 0.2) is 5.11 Å². The second-order valence-corrected chi connectivity index (χ2v) is 6.79. The van der Waals surface area contributed by atoms with Crippen molar-refractivity contribution in [3.8, 4) is 0 Å². The van der Waals surface area contributed by atoms with E-state index in [4.69, 9.17) is 12.2 Å². The molecule has 1 fully saturated rings. The Hall–Kier alpha value is -2.73. The zero-order valence-corrected chi connectivity index (χ0v) is 15.4. The number of para-hydroxylation sites is 1. The topological polar surface area (TPSA) is 33.1 Å². The van der Waals surface area contributed by atoms with Crippen molar-refractivity contribution < 1.29 is 4.39 Å². The zero-order chi connectivity index (χ0) is 18.3. The molecule has 1 aliphatic heterocycles. The summed E-state index contributed by atoms with van der Waals surface area (Å²) in [6, 6.07) is 16.3. The number of aryl methyl sites for hydroxylation is 1. The van der Waals surface area contributed by atoms with Crippen LogP contribution < -0.4 is 10.2 Å². The third-order valence-corrected chi connectivity index (χ3v) is 5.24. The van der Waals surface area contributed by atoms with Crippen molar-refractivity contribution in [2.24, 2.45) is 7.05 Å². The summed E-state index contributed by atoms with van der Waals surface area (Å²) in [6.07, 6.45) is 1.76. The Morgan fingerprint density at radius 1 is 1.08 bits per heavy atom. The zero-order valence-electron chi connectivity index (χ0n) is 14.6. The van der Waals surface area contributed by atoms with E-state index in [1.807, 2.05) is 43.1 Å². The van der Waals surface area contributed by atoms with Gasteiger partial charge in [0, 0.05) is 24.6 Å². The van der Waals surface area contributed by atoms with E-state index in [0.717, 1.165) is 17.1 Å². The van der Waals surface area contributed by atoms with Crippen LogP contribution in [0.3, 0.4) is 0 Å². The SMILES string of the molecule is Cc1ccc([C@@H]2[C@H](c3ccccn3)NC(=S)N2c2ccccc2F)n1C. The molecule has 0 amide bonds. The summed E-state index contributed by atoms with van der Waals surface area (Å²) in [5.41, 5.74) is 3.52. The quantitative estimate of drug-likeness (QED) is 0.709. The number of hydrogen-bond acceptors (Lipinski definition) is 2. The Balaban J connectivity index is 1.89. The minimum Gasteiger partial charge on any atom is -0.351 e. The van der Waals surface area contributed by atoms with Gasteiger partial charge in [0.1, 0.15) is 11.9 Å². The molecule has 6 heteroatoms. The third kappa shape index (κ3) is 2.66. The first-order valence-electron chi connectivity index (χ1n) is 8.45. The molecule has 4 rings (SSSR count). The molecule has 0 bridgehead atoms. The van der Waals surface area contributed by atoms with Crippen molar-refractivity contribution in [2.75, 3.05) is 4.90 Å². The van der Waals surface area contributed by atoms with Crippen LogP contribution in [0.15, 0.2) is 60.8 Å². The highest BCUT2D eigenvalue weighted by molar-refractivity contribution is 7.80. The molecule has 1 N–H and O–H groups in total. The summed E-state index contributed by atoms with van der Waals surface area (Å²) >= 11 is 5.60. The van der Waals surface area contributed by atoms with E-state index in [1.165, 1.54) is 6.07 Å². The fourth-order valence-electron chi connectivity index (χ4n) is 3.49. The van der Waals surface area contributed by atoms with E-state index in [-0.39, 0.29) is 17.9 Å². The summed E-state index contributed by atoms with van der Waals surface area (Å²) in [5, 5.41) is 3.84. The van der Waals surface area contributed by atoms with E-state index in [0.29, 0.717) is 10.8 Å². The second kappa shape index (κ2) is 6.53. The van der Waals surface area contributed by atoms with Crippen molar-refractivity contribution in [1.29, 1.82) is 0 Å². The number of thiocarbonyl (C=S) groups is 1. The Morgan fingerprint density at radius 3 is 2.50 bits per heavy atom. The van der Waals surface area contributed by atoms with Crippen LogP contribution in [0.2, 0.25) is 0 Å². The molecule has 0 saturated carbocycles. The van der Waals surface area contributed by atoms with Crippen LogP contribution in [-0.4, -0.2) is 14.7 Å². The number of aromatic nitrogens is 2. The second-order valence-electron chi connectivity index (χ2n) is 6.41. The van der Waals surface area contributed by atoms with E-state index >= 15 is 0 Å². The van der Waals surface area contributed by atoms with Crippen molar-refractivity contribution in [2.45, 2.75) is 19.0 Å². The summed E-state index contributed by atoms with van der Waals surface area (Å²) in [4.78, 5) is 6.37. The van der Waals surface area contributed by atoms with Gasteiger partial charge in [-0.05, 0) is 55.5 Å². The number of benzene rings is 1. The lowest BCUT2D eigenvalue weighted by Crippen LogP contribution is -2.31. The van der Waals surface area contributed by atoms with Crippen LogP contribution in [0.4, 0.5) is 10.1 Å². The molecular weight excluding hydrogens is 347 g/mol. The summed E-state index contributed by atoms with van der Waals surface area (Å²) < 4.78 is 16.7. The molecule has 0 unspecified atom stereocenters. The number of nitrogens with zero attached hydrogens (tertiary/aromatic N) is 3. The van der Waals surface area contributed by atoms with Crippen molar-refractivity contribution in [1.82, 2.24) is 14.9 Å². The minimum absolute atomic E-state index is 0.170. The Labute approximate surface area is 157 Å². The molecule has 1 aromatic carbocycles. The maximum absolute atomic E-state index is 14.6. The minimum atomic E-state index is -0.297. The maximum atomic E-state index is 14.6. The number of hydrogen-bond donors (Lipinski definition) is 1. The molecule has 3 aromatic rings. The molecule has 0 aliphatic carbocycles. The van der Waals surface area contributed by atoms with E-state index < -0.39 is 0 Å². The number of nitrogens with one attached hydrogen (secondary N) is 1. The largest absolute Gasteiger partial charge is 0.351 e. The van der Waals surface area contributed by atoms with Crippen molar-refractivity contribution in [3.05, 3.63) is 83.7 Å². The van der Waals surface area contributed by atoms with Crippen LogP contribution >= 0.6 is 12.2 Å². The van der Waals surface area contributed by atoms with Gasteiger partial charge in [-0.25, -0.2) is 4.39 Å². The summed E-state index contributed by atoms with van der Waals surface area (Å²) in [6.45, 7) is 2.05. The number of anilines is 1. The summed E-state index contributed by atoms with van der Waals surface area (Å²) in [5.74, 6) is -0.297. The van der Waals surface area contributed by atoms with Gasteiger partial charge in [0.25, 0.3) is 0 Å². The highest BCUT2D eigenvalue weighted by atomic mass is 32.1. The van der Waals surface area contributed by atoms with Gasteiger partial charge in [0.2, 0.25) is 0 Å². The average Bonchev–Trinajstić information content (AvgIpc) is 3.16. The predicted molar refractivity (Wildman–Crippen MR) is 104 cm³/mol. The fourth-order valence-corrected chi connectivity index (χ4v) is 3.83.